The van der Waals surface area contributed by atoms with Crippen molar-refractivity contribution in [1.82, 2.24) is 0 Å². The second kappa shape index (κ2) is 19.5. The van der Waals surface area contributed by atoms with E-state index in [1.807, 2.05) is 0 Å². The lowest BCUT2D eigenvalue weighted by atomic mass is 10.0. The van der Waals surface area contributed by atoms with Crippen molar-refractivity contribution in [3.05, 3.63) is 0 Å². The molecule has 0 atom stereocenters. The van der Waals surface area contributed by atoms with Crippen molar-refractivity contribution >= 4 is 28.9 Å². The maximum absolute atomic E-state index is 6.80. The quantitative estimate of drug-likeness (QED) is 0.0956. The smallest absolute Gasteiger partial charge is 0.146 e. The molecule has 1 fully saturated rings. The average Bonchev–Trinajstić information content (AvgIpc) is 2.73. The molecule has 0 aromatic heterocycles. The number of hydrogen-bond donors (Lipinski definition) is 0. The third-order valence-electron chi connectivity index (χ3n) is 7.07. The van der Waals surface area contributed by atoms with Gasteiger partial charge >= 0.3 is 0 Å². The second-order valence-corrected chi connectivity index (χ2v) is 17.3. The van der Waals surface area contributed by atoms with Crippen LogP contribution in [0.1, 0.15) is 155 Å². The molecule has 1 saturated carbocycles. The minimum Gasteiger partial charge on any atom is -0.146 e. The Labute approximate surface area is 194 Å². The van der Waals surface area contributed by atoms with Crippen molar-refractivity contribution in [2.45, 2.75) is 166 Å². The van der Waals surface area contributed by atoms with Crippen LogP contribution >= 0.6 is 22.2 Å². The van der Waals surface area contributed by atoms with Gasteiger partial charge in [-0.15, -0.1) is 22.2 Å². The van der Waals surface area contributed by atoms with Crippen molar-refractivity contribution in [1.29, 1.82) is 0 Å². The molecule has 0 N–H and O–H groups in total. The molecule has 0 amide bonds. The van der Waals surface area contributed by atoms with Crippen molar-refractivity contribution in [2.75, 3.05) is 0 Å². The third-order valence-corrected chi connectivity index (χ3v) is 12.8. The van der Waals surface area contributed by atoms with E-state index in [0.29, 0.717) is 5.54 Å². The van der Waals surface area contributed by atoms with Crippen LogP contribution in [-0.4, -0.2) is 6.69 Å². The van der Waals surface area contributed by atoms with Crippen molar-refractivity contribution in [2.24, 2.45) is 0 Å². The standard InChI is InChI=1S/C26H52Cl2Si/c1-2-3-4-5-6-7-8-9-10-11-12-13-14-15-16-17-18-22-25-29(27,28)26-23-20-19-21-24-26/h26H,2-25H2,1H3. The van der Waals surface area contributed by atoms with Crippen LogP contribution in [-0.2, 0) is 0 Å². The van der Waals surface area contributed by atoms with Crippen LogP contribution in [0, 0.1) is 0 Å². The maximum atomic E-state index is 6.80. The lowest BCUT2D eigenvalue weighted by Gasteiger charge is -2.30. The molecule has 0 radical (unpaired) electrons. The van der Waals surface area contributed by atoms with E-state index in [4.69, 9.17) is 22.2 Å². The Morgan fingerprint density at radius 1 is 0.517 bits per heavy atom. The minimum absolute atomic E-state index is 0.686. The van der Waals surface area contributed by atoms with Gasteiger partial charge in [0.1, 0.15) is 0 Å². The van der Waals surface area contributed by atoms with Crippen molar-refractivity contribution in [3.8, 4) is 0 Å². The van der Waals surface area contributed by atoms with Crippen LogP contribution in [0.4, 0.5) is 0 Å². The lowest BCUT2D eigenvalue weighted by molar-refractivity contribution is 0.495. The Hall–Kier alpha value is 0.797. The zero-order chi connectivity index (χ0) is 21.0. The van der Waals surface area contributed by atoms with Gasteiger partial charge in [0.25, 0.3) is 6.69 Å². The molecule has 0 aliphatic heterocycles. The first-order chi connectivity index (χ1) is 14.2. The van der Waals surface area contributed by atoms with Gasteiger partial charge in [0, 0.05) is 0 Å². The average molecular weight is 464 g/mol. The summed E-state index contributed by atoms with van der Waals surface area (Å²) in [5.74, 6) is 0. The molecule has 0 unspecified atom stereocenters. The Morgan fingerprint density at radius 2 is 0.862 bits per heavy atom. The molecule has 3 heteroatoms. The fraction of sp³-hybridized carbons (Fsp3) is 1.00. The molecular formula is C26H52Cl2Si. The van der Waals surface area contributed by atoms with Gasteiger partial charge in [0.15, 0.2) is 0 Å². The Bertz CT molecular complexity index is 340. The predicted molar refractivity (Wildman–Crippen MR) is 138 cm³/mol. The topological polar surface area (TPSA) is 0 Å². The van der Waals surface area contributed by atoms with Gasteiger partial charge in [-0.2, -0.15) is 0 Å². The van der Waals surface area contributed by atoms with E-state index in [9.17, 15) is 0 Å². The van der Waals surface area contributed by atoms with Gasteiger partial charge in [0.05, 0.1) is 0 Å². The molecule has 1 aliphatic carbocycles. The summed E-state index contributed by atoms with van der Waals surface area (Å²) < 4.78 is 0. The summed E-state index contributed by atoms with van der Waals surface area (Å²) in [6.45, 7) is 0.329. The molecule has 29 heavy (non-hydrogen) atoms. The SMILES string of the molecule is CCCCCCCCCCCCCCCCCCCC[Si](Cl)(Cl)C1CCCCC1. The van der Waals surface area contributed by atoms with Gasteiger partial charge in [-0.3, -0.25) is 0 Å². The highest BCUT2D eigenvalue weighted by Crippen LogP contribution is 2.44. The van der Waals surface area contributed by atoms with Crippen LogP contribution in [0.3, 0.4) is 0 Å². The van der Waals surface area contributed by atoms with Gasteiger partial charge in [-0.1, -0.05) is 155 Å². The molecule has 0 nitrogen and oxygen atoms in total. The summed E-state index contributed by atoms with van der Waals surface area (Å²) in [7, 11) is 0. The number of rotatable bonds is 20. The Balaban J connectivity index is 1.76. The summed E-state index contributed by atoms with van der Waals surface area (Å²) in [6, 6.07) is 1.14. The lowest BCUT2D eigenvalue weighted by Crippen LogP contribution is -2.28. The highest BCUT2D eigenvalue weighted by atomic mass is 35.7. The summed E-state index contributed by atoms with van der Waals surface area (Å²) >= 11 is 13.6. The highest BCUT2D eigenvalue weighted by molar-refractivity contribution is 7.46. The molecule has 0 aromatic carbocycles. The zero-order valence-electron chi connectivity index (χ0n) is 19.8. The first kappa shape index (κ1) is 27.8. The number of unbranched alkanes of at least 4 members (excludes halogenated alkanes) is 17. The molecule has 0 spiro atoms. The van der Waals surface area contributed by atoms with Gasteiger partial charge in [0.2, 0.25) is 0 Å². The third kappa shape index (κ3) is 16.1. The molecule has 0 bridgehead atoms. The molecule has 0 heterocycles. The van der Waals surface area contributed by atoms with E-state index >= 15 is 0 Å². The molecular weight excluding hydrogens is 411 g/mol. The van der Waals surface area contributed by atoms with Gasteiger partial charge in [-0.05, 0) is 11.6 Å². The molecule has 0 saturated heterocycles. The van der Waals surface area contributed by atoms with E-state index in [2.05, 4.69) is 6.92 Å². The normalized spacial score (nSPS) is 15.8. The molecule has 174 valence electrons. The number of halogens is 2. The molecule has 1 rings (SSSR count). The molecule has 0 aromatic rings. The predicted octanol–water partition coefficient (Wildman–Crippen LogP) is 11.3. The first-order valence-electron chi connectivity index (χ1n) is 13.5. The van der Waals surface area contributed by atoms with E-state index in [1.54, 1.807) is 0 Å². The van der Waals surface area contributed by atoms with Crippen molar-refractivity contribution in [3.63, 3.8) is 0 Å². The molecule has 1 aliphatic rings. The zero-order valence-corrected chi connectivity index (χ0v) is 22.3. The Kier molecular flexibility index (Phi) is 18.7. The van der Waals surface area contributed by atoms with Gasteiger partial charge < -0.3 is 0 Å². The van der Waals surface area contributed by atoms with Crippen molar-refractivity contribution < 1.29 is 0 Å². The minimum atomic E-state index is -1.97. The summed E-state index contributed by atoms with van der Waals surface area (Å²) in [6.07, 6.45) is 32.5. The summed E-state index contributed by atoms with van der Waals surface area (Å²) in [4.78, 5) is 0. The highest BCUT2D eigenvalue weighted by Gasteiger charge is 2.38. The van der Waals surface area contributed by atoms with Gasteiger partial charge in [-0.25, -0.2) is 0 Å². The van der Waals surface area contributed by atoms with E-state index < -0.39 is 6.69 Å². The van der Waals surface area contributed by atoms with Crippen LogP contribution < -0.4 is 0 Å². The van der Waals surface area contributed by atoms with Crippen LogP contribution in [0.25, 0.3) is 0 Å². The fourth-order valence-corrected chi connectivity index (χ4v) is 9.49. The number of hydrogen-bond acceptors (Lipinski definition) is 0. The summed E-state index contributed by atoms with van der Waals surface area (Å²) in [5.41, 5.74) is 0.686. The van der Waals surface area contributed by atoms with E-state index in [0.717, 1.165) is 6.04 Å². The maximum Gasteiger partial charge on any atom is 0.254 e. The second-order valence-electron chi connectivity index (χ2n) is 9.86. The van der Waals surface area contributed by atoms with Crippen LogP contribution in [0.5, 0.6) is 0 Å². The largest absolute Gasteiger partial charge is 0.254 e. The fourth-order valence-electron chi connectivity index (χ4n) is 4.99. The van der Waals surface area contributed by atoms with E-state index in [1.165, 1.54) is 148 Å². The Morgan fingerprint density at radius 3 is 1.24 bits per heavy atom. The van der Waals surface area contributed by atoms with E-state index in [-0.39, 0.29) is 0 Å². The van der Waals surface area contributed by atoms with Crippen LogP contribution in [0.2, 0.25) is 11.6 Å². The first-order valence-corrected chi connectivity index (χ1v) is 17.9. The monoisotopic (exact) mass is 462 g/mol. The van der Waals surface area contributed by atoms with Crippen LogP contribution in [0.15, 0.2) is 0 Å². The summed E-state index contributed by atoms with van der Waals surface area (Å²) in [5, 5.41) is 0.